The number of nitrogens with one attached hydrogen (secondary N) is 2. The Kier molecular flexibility index (Phi) is 7.11. The van der Waals surface area contributed by atoms with Crippen LogP contribution in [0.4, 0.5) is 11.5 Å². The third kappa shape index (κ3) is 5.86. The summed E-state index contributed by atoms with van der Waals surface area (Å²) in [6.45, 7) is 1.76. The van der Waals surface area contributed by atoms with Gasteiger partial charge in [-0.15, -0.1) is 0 Å². The van der Waals surface area contributed by atoms with E-state index in [9.17, 15) is 9.59 Å². The third-order valence-electron chi connectivity index (χ3n) is 3.67. The molecule has 0 bridgehead atoms. The van der Waals surface area contributed by atoms with Crippen molar-refractivity contribution in [1.29, 1.82) is 0 Å². The van der Waals surface area contributed by atoms with Crippen LogP contribution in [0, 0.1) is 0 Å². The number of amides is 1. The summed E-state index contributed by atoms with van der Waals surface area (Å²) >= 11 is 0. The van der Waals surface area contributed by atoms with Gasteiger partial charge in [-0.25, -0.2) is 9.78 Å². The van der Waals surface area contributed by atoms with Gasteiger partial charge in [0.2, 0.25) is 0 Å². The standard InChI is InChI=1S/C19H24N4O3/c1-23(2)12-4-10-20-17-13-15(9-11-21-17)18(24)22-16-7-5-14(6-8-16)19(25)26-3/h5-9,11,13H,4,10,12H2,1-3H3,(H,20,21)(H,22,24). The molecule has 138 valence electrons. The molecule has 0 spiro atoms. The first-order chi connectivity index (χ1) is 12.5. The van der Waals surface area contributed by atoms with E-state index < -0.39 is 5.97 Å². The number of ether oxygens (including phenoxy) is 1. The van der Waals surface area contributed by atoms with E-state index in [1.165, 1.54) is 7.11 Å². The fraction of sp³-hybridized carbons (Fsp3) is 0.316. The van der Waals surface area contributed by atoms with Crippen LogP contribution in [0.1, 0.15) is 27.1 Å². The molecular weight excluding hydrogens is 332 g/mol. The van der Waals surface area contributed by atoms with Gasteiger partial charge in [-0.3, -0.25) is 4.79 Å². The number of esters is 1. The van der Waals surface area contributed by atoms with E-state index in [0.29, 0.717) is 22.6 Å². The van der Waals surface area contributed by atoms with Crippen molar-refractivity contribution in [1.82, 2.24) is 9.88 Å². The van der Waals surface area contributed by atoms with Crippen molar-refractivity contribution < 1.29 is 14.3 Å². The number of aromatic nitrogens is 1. The van der Waals surface area contributed by atoms with Gasteiger partial charge in [-0.05, 0) is 63.5 Å². The number of carbonyl (C=O) groups is 2. The second-order valence-electron chi connectivity index (χ2n) is 6.04. The Morgan fingerprint density at radius 2 is 1.85 bits per heavy atom. The number of benzene rings is 1. The molecule has 0 fully saturated rings. The summed E-state index contributed by atoms with van der Waals surface area (Å²) < 4.78 is 4.65. The Balaban J connectivity index is 1.94. The van der Waals surface area contributed by atoms with Gasteiger partial charge in [0.25, 0.3) is 5.91 Å². The molecule has 1 aromatic carbocycles. The molecule has 1 amide bonds. The van der Waals surface area contributed by atoms with E-state index in [1.807, 2.05) is 14.1 Å². The molecular formula is C19H24N4O3. The largest absolute Gasteiger partial charge is 0.465 e. The Labute approximate surface area is 153 Å². The maximum atomic E-state index is 12.4. The van der Waals surface area contributed by atoms with Crippen LogP contribution in [-0.4, -0.2) is 56.1 Å². The van der Waals surface area contributed by atoms with Gasteiger partial charge in [-0.2, -0.15) is 0 Å². The van der Waals surface area contributed by atoms with Crippen LogP contribution in [0.25, 0.3) is 0 Å². The fourth-order valence-corrected chi connectivity index (χ4v) is 2.29. The highest BCUT2D eigenvalue weighted by molar-refractivity contribution is 6.04. The van der Waals surface area contributed by atoms with Gasteiger partial charge in [-0.1, -0.05) is 0 Å². The summed E-state index contributed by atoms with van der Waals surface area (Å²) in [7, 11) is 5.38. The molecule has 2 rings (SSSR count). The zero-order valence-corrected chi connectivity index (χ0v) is 15.3. The van der Waals surface area contributed by atoms with Crippen molar-refractivity contribution >= 4 is 23.4 Å². The Morgan fingerprint density at radius 1 is 1.12 bits per heavy atom. The third-order valence-corrected chi connectivity index (χ3v) is 3.67. The van der Waals surface area contributed by atoms with Crippen LogP contribution in [0.15, 0.2) is 42.6 Å². The van der Waals surface area contributed by atoms with Crippen LogP contribution in [0.5, 0.6) is 0 Å². The molecule has 0 unspecified atom stereocenters. The molecule has 0 saturated heterocycles. The van der Waals surface area contributed by atoms with Gasteiger partial charge >= 0.3 is 5.97 Å². The molecule has 7 heteroatoms. The zero-order chi connectivity index (χ0) is 18.9. The van der Waals surface area contributed by atoms with Crippen LogP contribution in [0.2, 0.25) is 0 Å². The lowest BCUT2D eigenvalue weighted by molar-refractivity contribution is 0.0600. The van der Waals surface area contributed by atoms with E-state index >= 15 is 0 Å². The molecule has 2 aromatic rings. The SMILES string of the molecule is COC(=O)c1ccc(NC(=O)c2ccnc(NCCCN(C)C)c2)cc1. The highest BCUT2D eigenvalue weighted by Gasteiger charge is 2.09. The number of methoxy groups -OCH3 is 1. The van der Waals surface area contributed by atoms with Gasteiger partial charge in [0.1, 0.15) is 5.82 Å². The van der Waals surface area contributed by atoms with Crippen LogP contribution < -0.4 is 10.6 Å². The number of carbonyl (C=O) groups excluding carboxylic acids is 2. The second-order valence-corrected chi connectivity index (χ2v) is 6.04. The zero-order valence-electron chi connectivity index (χ0n) is 15.3. The molecule has 1 aromatic heterocycles. The smallest absolute Gasteiger partial charge is 0.337 e. The number of nitrogens with zero attached hydrogens (tertiary/aromatic N) is 2. The lowest BCUT2D eigenvalue weighted by Crippen LogP contribution is -2.17. The molecule has 7 nitrogen and oxygen atoms in total. The summed E-state index contributed by atoms with van der Waals surface area (Å²) in [5, 5.41) is 6.01. The van der Waals surface area contributed by atoms with E-state index in [4.69, 9.17) is 0 Å². The molecule has 0 saturated carbocycles. The lowest BCUT2D eigenvalue weighted by atomic mass is 10.2. The summed E-state index contributed by atoms with van der Waals surface area (Å²) in [6, 6.07) is 9.89. The van der Waals surface area contributed by atoms with Crippen molar-refractivity contribution in [3.05, 3.63) is 53.7 Å². The van der Waals surface area contributed by atoms with Crippen molar-refractivity contribution in [3.63, 3.8) is 0 Å². The van der Waals surface area contributed by atoms with Crippen LogP contribution in [0.3, 0.4) is 0 Å². The van der Waals surface area contributed by atoms with Crippen LogP contribution >= 0.6 is 0 Å². The average molecular weight is 356 g/mol. The van der Waals surface area contributed by atoms with Crippen molar-refractivity contribution in [2.75, 3.05) is 44.9 Å². The topological polar surface area (TPSA) is 83.6 Å². The average Bonchev–Trinajstić information content (AvgIpc) is 2.65. The minimum Gasteiger partial charge on any atom is -0.465 e. The first kappa shape index (κ1) is 19.4. The number of rotatable bonds is 8. The molecule has 0 aliphatic heterocycles. The highest BCUT2D eigenvalue weighted by atomic mass is 16.5. The second kappa shape index (κ2) is 9.53. The summed E-state index contributed by atoms with van der Waals surface area (Å²) in [5.41, 5.74) is 1.53. The number of pyridine rings is 1. The first-order valence-electron chi connectivity index (χ1n) is 8.34. The predicted molar refractivity (Wildman–Crippen MR) is 102 cm³/mol. The van der Waals surface area contributed by atoms with Crippen molar-refractivity contribution in [2.24, 2.45) is 0 Å². The summed E-state index contributed by atoms with van der Waals surface area (Å²) in [5.74, 6) is 0.00833. The van der Waals surface area contributed by atoms with Crippen molar-refractivity contribution in [2.45, 2.75) is 6.42 Å². The van der Waals surface area contributed by atoms with Gasteiger partial charge in [0.15, 0.2) is 0 Å². The molecule has 0 aliphatic rings. The number of hydrogen-bond donors (Lipinski definition) is 2. The van der Waals surface area contributed by atoms with Crippen LogP contribution in [-0.2, 0) is 4.74 Å². The fourth-order valence-electron chi connectivity index (χ4n) is 2.29. The van der Waals surface area contributed by atoms with Gasteiger partial charge in [0, 0.05) is 24.0 Å². The maximum absolute atomic E-state index is 12.4. The molecule has 0 atom stereocenters. The molecule has 0 radical (unpaired) electrons. The number of anilines is 2. The normalized spacial score (nSPS) is 10.5. The summed E-state index contributed by atoms with van der Waals surface area (Å²) in [4.78, 5) is 30.2. The highest BCUT2D eigenvalue weighted by Crippen LogP contribution is 2.13. The van der Waals surface area contributed by atoms with Gasteiger partial charge in [0.05, 0.1) is 12.7 Å². The monoisotopic (exact) mass is 356 g/mol. The Morgan fingerprint density at radius 3 is 2.50 bits per heavy atom. The molecule has 1 heterocycles. The maximum Gasteiger partial charge on any atom is 0.337 e. The van der Waals surface area contributed by atoms with Crippen molar-refractivity contribution in [3.8, 4) is 0 Å². The van der Waals surface area contributed by atoms with E-state index in [-0.39, 0.29) is 5.91 Å². The molecule has 0 aliphatic carbocycles. The van der Waals surface area contributed by atoms with E-state index in [2.05, 4.69) is 25.3 Å². The summed E-state index contributed by atoms with van der Waals surface area (Å²) in [6.07, 6.45) is 2.58. The first-order valence-corrected chi connectivity index (χ1v) is 8.34. The van der Waals surface area contributed by atoms with Gasteiger partial charge < -0.3 is 20.3 Å². The lowest BCUT2D eigenvalue weighted by Gasteiger charge is -2.11. The molecule has 2 N–H and O–H groups in total. The minimum atomic E-state index is -0.415. The van der Waals surface area contributed by atoms with E-state index in [0.717, 1.165) is 19.5 Å². The van der Waals surface area contributed by atoms with E-state index in [1.54, 1.807) is 42.6 Å². The Bertz CT molecular complexity index is 745. The quantitative estimate of drug-likeness (QED) is 0.558. The number of hydrogen-bond acceptors (Lipinski definition) is 6. The predicted octanol–water partition coefficient (Wildman–Crippen LogP) is 2.48. The Hall–Kier alpha value is -2.93. The molecule has 26 heavy (non-hydrogen) atoms. The minimum absolute atomic E-state index is 0.241.